The van der Waals surface area contributed by atoms with E-state index in [1.54, 1.807) is 13.2 Å². The number of hydrogen-bond acceptors (Lipinski definition) is 2. The van der Waals surface area contributed by atoms with Gasteiger partial charge >= 0.3 is 0 Å². The van der Waals surface area contributed by atoms with Crippen molar-refractivity contribution < 1.29 is 4.74 Å². The van der Waals surface area contributed by atoms with E-state index in [9.17, 15) is 0 Å². The van der Waals surface area contributed by atoms with Crippen LogP contribution in [0.4, 0.5) is 5.69 Å². The van der Waals surface area contributed by atoms with Crippen LogP contribution in [0.2, 0.25) is 10.0 Å². The highest BCUT2D eigenvalue weighted by Gasteiger charge is 1.99. The Morgan fingerprint density at radius 2 is 2.07 bits per heavy atom. The summed E-state index contributed by atoms with van der Waals surface area (Å²) in [5.74, 6) is 0. The number of rotatable bonds is 6. The van der Waals surface area contributed by atoms with Crippen molar-refractivity contribution in [1.82, 2.24) is 0 Å². The highest BCUT2D eigenvalue weighted by Crippen LogP contribution is 2.25. The van der Waals surface area contributed by atoms with Crippen LogP contribution in [-0.4, -0.2) is 20.3 Å². The molecular formula is C11H15Cl2NO. The maximum atomic E-state index is 6.00. The average Bonchev–Trinajstić information content (AvgIpc) is 2.20. The van der Waals surface area contributed by atoms with Crippen molar-refractivity contribution in [2.45, 2.75) is 12.8 Å². The number of benzene rings is 1. The fourth-order valence-corrected chi connectivity index (χ4v) is 1.70. The predicted octanol–water partition coefficient (Wildman–Crippen LogP) is 3.83. The Labute approximate surface area is 101 Å². The highest BCUT2D eigenvalue weighted by molar-refractivity contribution is 6.36. The maximum Gasteiger partial charge on any atom is 0.0652 e. The number of nitrogens with one attached hydrogen (secondary N) is 1. The first kappa shape index (κ1) is 12.6. The summed E-state index contributed by atoms with van der Waals surface area (Å²) in [6.07, 6.45) is 2.11. The van der Waals surface area contributed by atoms with Gasteiger partial charge in [-0.05, 0) is 31.0 Å². The van der Waals surface area contributed by atoms with Crippen molar-refractivity contribution in [3.63, 3.8) is 0 Å². The Kier molecular flexibility index (Phi) is 5.84. The molecule has 0 unspecified atom stereocenters. The van der Waals surface area contributed by atoms with Crippen LogP contribution < -0.4 is 5.32 Å². The number of unbranched alkanes of at least 4 members (excludes halogenated alkanes) is 1. The summed E-state index contributed by atoms with van der Waals surface area (Å²) in [6, 6.07) is 5.45. The molecule has 0 spiro atoms. The molecule has 1 rings (SSSR count). The molecule has 0 aliphatic heterocycles. The van der Waals surface area contributed by atoms with E-state index in [0.29, 0.717) is 10.0 Å². The molecule has 0 fully saturated rings. The maximum absolute atomic E-state index is 6.00. The van der Waals surface area contributed by atoms with Crippen LogP contribution in [0.25, 0.3) is 0 Å². The van der Waals surface area contributed by atoms with Gasteiger partial charge in [-0.3, -0.25) is 0 Å². The van der Waals surface area contributed by atoms with E-state index in [-0.39, 0.29) is 0 Å². The zero-order chi connectivity index (χ0) is 11.1. The number of halogens is 2. The van der Waals surface area contributed by atoms with Gasteiger partial charge in [-0.15, -0.1) is 0 Å². The van der Waals surface area contributed by atoms with Crippen LogP contribution in [0, 0.1) is 0 Å². The second kappa shape index (κ2) is 6.94. The van der Waals surface area contributed by atoms with Gasteiger partial charge in [0.25, 0.3) is 0 Å². The lowest BCUT2D eigenvalue weighted by molar-refractivity contribution is 0.194. The Morgan fingerprint density at radius 1 is 1.27 bits per heavy atom. The molecule has 84 valence electrons. The van der Waals surface area contributed by atoms with E-state index in [0.717, 1.165) is 31.7 Å². The van der Waals surface area contributed by atoms with Crippen LogP contribution >= 0.6 is 23.2 Å². The summed E-state index contributed by atoms with van der Waals surface area (Å²) < 4.78 is 4.96. The molecule has 0 aromatic heterocycles. The lowest BCUT2D eigenvalue weighted by Crippen LogP contribution is -2.03. The van der Waals surface area contributed by atoms with Crippen LogP contribution in [-0.2, 0) is 4.74 Å². The second-order valence-corrected chi connectivity index (χ2v) is 4.09. The third kappa shape index (κ3) is 4.74. The molecule has 0 heterocycles. The van der Waals surface area contributed by atoms with Crippen molar-refractivity contribution >= 4 is 28.9 Å². The Bertz CT molecular complexity index is 305. The molecule has 0 bridgehead atoms. The van der Waals surface area contributed by atoms with Crippen molar-refractivity contribution in [3.8, 4) is 0 Å². The molecule has 0 atom stereocenters. The third-order valence-corrected chi connectivity index (χ3v) is 2.57. The minimum Gasteiger partial charge on any atom is -0.385 e. The first-order valence-corrected chi connectivity index (χ1v) is 5.67. The Hall–Kier alpha value is -0.440. The van der Waals surface area contributed by atoms with Crippen LogP contribution in [0.15, 0.2) is 18.2 Å². The molecule has 0 amide bonds. The van der Waals surface area contributed by atoms with Crippen LogP contribution in [0.1, 0.15) is 12.8 Å². The molecule has 0 aliphatic carbocycles. The van der Waals surface area contributed by atoms with E-state index >= 15 is 0 Å². The zero-order valence-corrected chi connectivity index (χ0v) is 10.2. The quantitative estimate of drug-likeness (QED) is 0.772. The van der Waals surface area contributed by atoms with Gasteiger partial charge in [0, 0.05) is 25.3 Å². The monoisotopic (exact) mass is 247 g/mol. The lowest BCUT2D eigenvalue weighted by atomic mass is 10.3. The van der Waals surface area contributed by atoms with E-state index in [4.69, 9.17) is 27.9 Å². The SMILES string of the molecule is COCCCCNc1ccc(Cl)cc1Cl. The van der Waals surface area contributed by atoms with Crippen molar-refractivity contribution in [2.75, 3.05) is 25.6 Å². The zero-order valence-electron chi connectivity index (χ0n) is 8.72. The molecule has 0 saturated carbocycles. The normalized spacial score (nSPS) is 10.3. The average molecular weight is 248 g/mol. The third-order valence-electron chi connectivity index (χ3n) is 2.02. The summed E-state index contributed by atoms with van der Waals surface area (Å²) >= 11 is 11.8. The van der Waals surface area contributed by atoms with E-state index in [2.05, 4.69) is 5.32 Å². The summed E-state index contributed by atoms with van der Waals surface area (Å²) in [5, 5.41) is 4.57. The summed E-state index contributed by atoms with van der Waals surface area (Å²) in [6.45, 7) is 1.70. The van der Waals surface area contributed by atoms with Crippen LogP contribution in [0.3, 0.4) is 0 Å². The number of methoxy groups -OCH3 is 1. The first-order chi connectivity index (χ1) is 7.24. The van der Waals surface area contributed by atoms with Gasteiger partial charge < -0.3 is 10.1 Å². The molecule has 4 heteroatoms. The van der Waals surface area contributed by atoms with E-state index in [1.807, 2.05) is 12.1 Å². The van der Waals surface area contributed by atoms with Gasteiger partial charge in [0.05, 0.1) is 10.7 Å². The Balaban J connectivity index is 2.31. The number of hydrogen-bond donors (Lipinski definition) is 1. The molecule has 1 N–H and O–H groups in total. The first-order valence-electron chi connectivity index (χ1n) is 4.92. The van der Waals surface area contributed by atoms with Crippen molar-refractivity contribution in [2.24, 2.45) is 0 Å². The smallest absolute Gasteiger partial charge is 0.0652 e. The molecule has 1 aromatic carbocycles. The van der Waals surface area contributed by atoms with Gasteiger partial charge in [0.1, 0.15) is 0 Å². The minimum atomic E-state index is 0.657. The van der Waals surface area contributed by atoms with E-state index < -0.39 is 0 Å². The van der Waals surface area contributed by atoms with E-state index in [1.165, 1.54) is 0 Å². The summed E-state index contributed by atoms with van der Waals surface area (Å²) in [5.41, 5.74) is 0.929. The molecule has 15 heavy (non-hydrogen) atoms. The summed E-state index contributed by atoms with van der Waals surface area (Å²) in [7, 11) is 1.71. The second-order valence-electron chi connectivity index (χ2n) is 3.25. The predicted molar refractivity (Wildman–Crippen MR) is 66.1 cm³/mol. The largest absolute Gasteiger partial charge is 0.385 e. The molecular weight excluding hydrogens is 233 g/mol. The number of ether oxygens (including phenoxy) is 1. The summed E-state index contributed by atoms with van der Waals surface area (Å²) in [4.78, 5) is 0. The standard InChI is InChI=1S/C11H15Cl2NO/c1-15-7-3-2-6-14-11-5-4-9(12)8-10(11)13/h4-5,8,14H,2-3,6-7H2,1H3. The van der Waals surface area contributed by atoms with Crippen molar-refractivity contribution in [3.05, 3.63) is 28.2 Å². The van der Waals surface area contributed by atoms with Gasteiger partial charge in [-0.1, -0.05) is 23.2 Å². The highest BCUT2D eigenvalue weighted by atomic mass is 35.5. The molecule has 2 nitrogen and oxygen atoms in total. The van der Waals surface area contributed by atoms with Gasteiger partial charge in [0.15, 0.2) is 0 Å². The number of anilines is 1. The minimum absolute atomic E-state index is 0.657. The van der Waals surface area contributed by atoms with Crippen molar-refractivity contribution in [1.29, 1.82) is 0 Å². The van der Waals surface area contributed by atoms with Gasteiger partial charge in [-0.25, -0.2) is 0 Å². The topological polar surface area (TPSA) is 21.3 Å². The van der Waals surface area contributed by atoms with Gasteiger partial charge in [0.2, 0.25) is 0 Å². The molecule has 0 saturated heterocycles. The lowest BCUT2D eigenvalue weighted by Gasteiger charge is -2.08. The van der Waals surface area contributed by atoms with Gasteiger partial charge in [-0.2, -0.15) is 0 Å². The van der Waals surface area contributed by atoms with Crippen LogP contribution in [0.5, 0.6) is 0 Å². The fraction of sp³-hybridized carbons (Fsp3) is 0.455. The molecule has 1 aromatic rings. The molecule has 0 aliphatic rings. The fourth-order valence-electron chi connectivity index (χ4n) is 1.23. The Morgan fingerprint density at radius 3 is 2.73 bits per heavy atom. The molecule has 0 radical (unpaired) electrons.